The SMILES string of the molecule is Cc1nc(C)c(C(C)NC(=O)CCC(C)(C)N)s1. The van der Waals surface area contributed by atoms with E-state index in [1.54, 1.807) is 11.3 Å². The van der Waals surface area contributed by atoms with Crippen LogP contribution in [0.3, 0.4) is 0 Å². The summed E-state index contributed by atoms with van der Waals surface area (Å²) in [5.41, 5.74) is 6.58. The molecule has 0 spiro atoms. The van der Waals surface area contributed by atoms with Crippen LogP contribution in [0.2, 0.25) is 0 Å². The lowest BCUT2D eigenvalue weighted by atomic mass is 10.00. The summed E-state index contributed by atoms with van der Waals surface area (Å²) in [5, 5.41) is 4.03. The third kappa shape index (κ3) is 4.74. The van der Waals surface area contributed by atoms with Crippen molar-refractivity contribution in [1.29, 1.82) is 0 Å². The molecule has 4 nitrogen and oxygen atoms in total. The van der Waals surface area contributed by atoms with Crippen molar-refractivity contribution in [3.8, 4) is 0 Å². The molecule has 0 radical (unpaired) electrons. The van der Waals surface area contributed by atoms with Crippen molar-refractivity contribution in [1.82, 2.24) is 10.3 Å². The van der Waals surface area contributed by atoms with E-state index in [4.69, 9.17) is 5.73 Å². The maximum absolute atomic E-state index is 11.8. The number of amides is 1. The molecule has 0 aliphatic carbocycles. The molecule has 0 aromatic carbocycles. The molecule has 1 rings (SSSR count). The fourth-order valence-electron chi connectivity index (χ4n) is 1.76. The summed E-state index contributed by atoms with van der Waals surface area (Å²) in [6.45, 7) is 9.81. The molecule has 5 heteroatoms. The van der Waals surface area contributed by atoms with E-state index in [1.807, 2.05) is 34.6 Å². The Morgan fingerprint density at radius 3 is 2.56 bits per heavy atom. The highest BCUT2D eigenvalue weighted by atomic mass is 32.1. The van der Waals surface area contributed by atoms with Gasteiger partial charge in [0.1, 0.15) is 0 Å². The normalized spacial score (nSPS) is 13.4. The standard InChI is InChI=1S/C13H23N3OS/c1-8-12(18-10(3)15-8)9(2)16-11(17)6-7-13(4,5)14/h9H,6-7,14H2,1-5H3,(H,16,17). The molecule has 102 valence electrons. The number of aryl methyl sites for hydroxylation is 2. The predicted molar refractivity (Wildman–Crippen MR) is 75.6 cm³/mol. The minimum absolute atomic E-state index is 0.0181. The number of carbonyl (C=O) groups is 1. The van der Waals surface area contributed by atoms with Crippen LogP contribution in [0.4, 0.5) is 0 Å². The zero-order valence-corrected chi connectivity index (χ0v) is 12.6. The van der Waals surface area contributed by atoms with Gasteiger partial charge in [-0.25, -0.2) is 4.98 Å². The van der Waals surface area contributed by atoms with Crippen molar-refractivity contribution in [2.45, 2.75) is 59.0 Å². The Balaban J connectivity index is 2.52. The number of hydrogen-bond acceptors (Lipinski definition) is 4. The summed E-state index contributed by atoms with van der Waals surface area (Å²) in [4.78, 5) is 17.3. The van der Waals surface area contributed by atoms with E-state index < -0.39 is 0 Å². The largest absolute Gasteiger partial charge is 0.349 e. The van der Waals surface area contributed by atoms with Gasteiger partial charge in [0.2, 0.25) is 5.91 Å². The lowest BCUT2D eigenvalue weighted by Crippen LogP contribution is -2.35. The number of carbonyl (C=O) groups excluding carboxylic acids is 1. The number of aromatic nitrogens is 1. The quantitative estimate of drug-likeness (QED) is 0.862. The summed E-state index contributed by atoms with van der Waals surface area (Å²) in [5.74, 6) is 0.0477. The predicted octanol–water partition coefficient (Wildman–Crippen LogP) is 2.45. The van der Waals surface area contributed by atoms with Gasteiger partial charge >= 0.3 is 0 Å². The van der Waals surface area contributed by atoms with Gasteiger partial charge in [-0.05, 0) is 41.0 Å². The summed E-state index contributed by atoms with van der Waals surface area (Å²) in [6.07, 6.45) is 1.15. The van der Waals surface area contributed by atoms with Crippen molar-refractivity contribution in [3.05, 3.63) is 15.6 Å². The van der Waals surface area contributed by atoms with Crippen LogP contribution in [-0.4, -0.2) is 16.4 Å². The minimum atomic E-state index is -0.294. The molecule has 0 saturated carbocycles. The van der Waals surface area contributed by atoms with Gasteiger partial charge in [-0.2, -0.15) is 0 Å². The zero-order chi connectivity index (χ0) is 13.9. The topological polar surface area (TPSA) is 68.0 Å². The molecule has 18 heavy (non-hydrogen) atoms. The molecule has 1 aromatic heterocycles. The summed E-state index contributed by atoms with van der Waals surface area (Å²) in [7, 11) is 0. The molecule has 3 N–H and O–H groups in total. The van der Waals surface area contributed by atoms with Gasteiger partial charge in [-0.15, -0.1) is 11.3 Å². The molecular weight excluding hydrogens is 246 g/mol. The lowest BCUT2D eigenvalue weighted by Gasteiger charge is -2.19. The van der Waals surface area contributed by atoms with E-state index in [2.05, 4.69) is 10.3 Å². The molecule has 1 atom stereocenters. The second kappa shape index (κ2) is 5.80. The lowest BCUT2D eigenvalue weighted by molar-refractivity contribution is -0.122. The fourth-order valence-corrected chi connectivity index (χ4v) is 2.69. The molecular formula is C13H23N3OS. The Kier molecular flexibility index (Phi) is 4.87. The highest BCUT2D eigenvalue weighted by Crippen LogP contribution is 2.24. The smallest absolute Gasteiger partial charge is 0.220 e. The fraction of sp³-hybridized carbons (Fsp3) is 0.692. The summed E-state index contributed by atoms with van der Waals surface area (Å²) in [6, 6.07) is 0.0181. The van der Waals surface area contributed by atoms with E-state index in [0.29, 0.717) is 12.8 Å². The van der Waals surface area contributed by atoms with Crippen molar-refractivity contribution >= 4 is 17.2 Å². The number of nitrogens with one attached hydrogen (secondary N) is 1. The van der Waals surface area contributed by atoms with Crippen LogP contribution in [-0.2, 0) is 4.79 Å². The van der Waals surface area contributed by atoms with Crippen LogP contribution in [0, 0.1) is 13.8 Å². The van der Waals surface area contributed by atoms with Crippen LogP contribution in [0.5, 0.6) is 0 Å². The second-order valence-corrected chi connectivity index (χ2v) is 6.70. The molecule has 0 saturated heterocycles. The van der Waals surface area contributed by atoms with Gasteiger partial charge in [0, 0.05) is 16.8 Å². The molecule has 0 fully saturated rings. The Bertz CT molecular complexity index is 420. The first-order chi connectivity index (χ1) is 8.19. The number of nitrogens with zero attached hydrogens (tertiary/aromatic N) is 1. The first-order valence-electron chi connectivity index (χ1n) is 6.21. The molecule has 1 aromatic rings. The molecule has 1 amide bonds. The van der Waals surface area contributed by atoms with Crippen LogP contribution >= 0.6 is 11.3 Å². The van der Waals surface area contributed by atoms with Crippen LogP contribution in [0.1, 0.15) is 55.2 Å². The van der Waals surface area contributed by atoms with E-state index in [0.717, 1.165) is 15.6 Å². The number of nitrogens with two attached hydrogens (primary N) is 1. The monoisotopic (exact) mass is 269 g/mol. The summed E-state index contributed by atoms with van der Waals surface area (Å²) < 4.78 is 0. The minimum Gasteiger partial charge on any atom is -0.349 e. The van der Waals surface area contributed by atoms with Gasteiger partial charge in [0.15, 0.2) is 0 Å². The van der Waals surface area contributed by atoms with E-state index in [9.17, 15) is 4.79 Å². The van der Waals surface area contributed by atoms with Crippen molar-refractivity contribution in [2.75, 3.05) is 0 Å². The van der Waals surface area contributed by atoms with Gasteiger partial charge in [0.05, 0.1) is 16.7 Å². The molecule has 1 heterocycles. The first-order valence-corrected chi connectivity index (χ1v) is 7.03. The van der Waals surface area contributed by atoms with Crippen molar-refractivity contribution in [3.63, 3.8) is 0 Å². The van der Waals surface area contributed by atoms with E-state index in [1.165, 1.54) is 0 Å². The third-order valence-corrected chi connectivity index (χ3v) is 3.96. The molecule has 0 aliphatic rings. The van der Waals surface area contributed by atoms with Crippen molar-refractivity contribution in [2.24, 2.45) is 5.73 Å². The van der Waals surface area contributed by atoms with Crippen LogP contribution < -0.4 is 11.1 Å². The Labute approximate surface area is 113 Å². The van der Waals surface area contributed by atoms with Crippen molar-refractivity contribution < 1.29 is 4.79 Å². The maximum Gasteiger partial charge on any atom is 0.220 e. The molecule has 1 unspecified atom stereocenters. The van der Waals surface area contributed by atoms with Crippen LogP contribution in [0.15, 0.2) is 0 Å². The maximum atomic E-state index is 11.8. The number of rotatable bonds is 5. The average molecular weight is 269 g/mol. The second-order valence-electron chi connectivity index (χ2n) is 5.46. The Morgan fingerprint density at radius 2 is 2.11 bits per heavy atom. The van der Waals surface area contributed by atoms with Crippen LogP contribution in [0.25, 0.3) is 0 Å². The van der Waals surface area contributed by atoms with Gasteiger partial charge in [-0.1, -0.05) is 0 Å². The first kappa shape index (κ1) is 15.1. The molecule has 0 aliphatic heterocycles. The number of thiazole rings is 1. The van der Waals surface area contributed by atoms with E-state index in [-0.39, 0.29) is 17.5 Å². The van der Waals surface area contributed by atoms with Gasteiger partial charge in [0.25, 0.3) is 0 Å². The highest BCUT2D eigenvalue weighted by molar-refractivity contribution is 7.11. The average Bonchev–Trinajstić information content (AvgIpc) is 2.54. The Hall–Kier alpha value is -0.940. The Morgan fingerprint density at radius 1 is 1.50 bits per heavy atom. The summed E-state index contributed by atoms with van der Waals surface area (Å²) >= 11 is 1.64. The molecule has 0 bridgehead atoms. The number of hydrogen-bond donors (Lipinski definition) is 2. The van der Waals surface area contributed by atoms with Gasteiger partial charge in [-0.3, -0.25) is 4.79 Å². The van der Waals surface area contributed by atoms with Gasteiger partial charge < -0.3 is 11.1 Å². The van der Waals surface area contributed by atoms with E-state index >= 15 is 0 Å². The third-order valence-electron chi connectivity index (χ3n) is 2.71. The zero-order valence-electron chi connectivity index (χ0n) is 11.8. The highest BCUT2D eigenvalue weighted by Gasteiger charge is 2.17.